The maximum atomic E-state index is 10.4. The van der Waals surface area contributed by atoms with Gasteiger partial charge in [0.1, 0.15) is 0 Å². The van der Waals surface area contributed by atoms with Gasteiger partial charge in [-0.05, 0) is 0 Å². The van der Waals surface area contributed by atoms with Gasteiger partial charge >= 0.3 is 12.0 Å². The zero-order valence-corrected chi connectivity index (χ0v) is 8.33. The van der Waals surface area contributed by atoms with E-state index in [-0.39, 0.29) is 6.03 Å². The predicted octanol–water partition coefficient (Wildman–Crippen LogP) is -0.532. The predicted molar refractivity (Wildman–Crippen MR) is 53.3 cm³/mol. The molecule has 1 aliphatic rings. The second-order valence-electron chi connectivity index (χ2n) is 2.39. The first-order valence-electron chi connectivity index (χ1n) is 3.88. The molecule has 1 fully saturated rings. The highest BCUT2D eigenvalue weighted by atomic mass is 32.1. The SMILES string of the molecule is NC(=O)N1CCOCC1.O=C(O)C=S. The van der Waals surface area contributed by atoms with Crippen LogP contribution >= 0.6 is 12.2 Å². The molecule has 0 unspecified atom stereocenters. The van der Waals surface area contributed by atoms with Crippen molar-refractivity contribution in [3.8, 4) is 0 Å². The lowest BCUT2D eigenvalue weighted by Crippen LogP contribution is -2.43. The molecule has 14 heavy (non-hydrogen) atoms. The number of rotatable bonds is 1. The number of primary amides is 1. The van der Waals surface area contributed by atoms with Gasteiger partial charge in [0.2, 0.25) is 0 Å². The van der Waals surface area contributed by atoms with E-state index < -0.39 is 5.97 Å². The van der Waals surface area contributed by atoms with Gasteiger partial charge < -0.3 is 20.5 Å². The van der Waals surface area contributed by atoms with Gasteiger partial charge in [-0.3, -0.25) is 0 Å². The third-order valence-electron chi connectivity index (χ3n) is 1.42. The highest BCUT2D eigenvalue weighted by Gasteiger charge is 2.12. The van der Waals surface area contributed by atoms with E-state index in [1.807, 2.05) is 0 Å². The summed E-state index contributed by atoms with van der Waals surface area (Å²) in [6.45, 7) is 2.50. The van der Waals surface area contributed by atoms with Crippen LogP contribution in [0.1, 0.15) is 0 Å². The van der Waals surface area contributed by atoms with Crippen LogP contribution in [0.4, 0.5) is 4.79 Å². The summed E-state index contributed by atoms with van der Waals surface area (Å²) in [5.41, 5.74) is 5.00. The normalized spacial score (nSPS) is 15.0. The van der Waals surface area contributed by atoms with Crippen LogP contribution in [0.2, 0.25) is 0 Å². The molecule has 0 spiro atoms. The number of carbonyl (C=O) groups excluding carboxylic acids is 1. The average Bonchev–Trinajstić information content (AvgIpc) is 2.20. The molecule has 0 atom stereocenters. The van der Waals surface area contributed by atoms with Crippen LogP contribution in [0.25, 0.3) is 0 Å². The topological polar surface area (TPSA) is 92.9 Å². The fourth-order valence-electron chi connectivity index (χ4n) is 0.784. The van der Waals surface area contributed by atoms with Crippen LogP contribution in [0.15, 0.2) is 0 Å². The highest BCUT2D eigenvalue weighted by Crippen LogP contribution is 1.94. The summed E-state index contributed by atoms with van der Waals surface area (Å²) in [6.07, 6.45) is 0. The van der Waals surface area contributed by atoms with Gasteiger partial charge in [0.15, 0.2) is 0 Å². The number of ether oxygens (including phenoxy) is 1. The van der Waals surface area contributed by atoms with Crippen molar-refractivity contribution in [2.45, 2.75) is 0 Å². The first kappa shape index (κ1) is 12.8. The Balaban J connectivity index is 0.000000292. The lowest BCUT2D eigenvalue weighted by atomic mass is 10.4. The Bertz CT molecular complexity index is 216. The fraction of sp³-hybridized carbons (Fsp3) is 0.571. The third kappa shape index (κ3) is 6.32. The summed E-state index contributed by atoms with van der Waals surface area (Å²) >= 11 is 3.95. The van der Waals surface area contributed by atoms with Crippen LogP contribution in [-0.2, 0) is 9.53 Å². The fourth-order valence-corrected chi connectivity index (χ4v) is 0.784. The minimum Gasteiger partial charge on any atom is -0.477 e. The molecule has 1 aliphatic heterocycles. The van der Waals surface area contributed by atoms with E-state index in [1.165, 1.54) is 0 Å². The first-order valence-corrected chi connectivity index (χ1v) is 4.35. The number of nitrogens with zero attached hydrogens (tertiary/aromatic N) is 1. The van der Waals surface area contributed by atoms with Crippen LogP contribution < -0.4 is 5.73 Å². The molecular formula is C7H12N2O4S. The number of hydrogen-bond donors (Lipinski definition) is 2. The van der Waals surface area contributed by atoms with Crippen molar-refractivity contribution in [2.75, 3.05) is 26.3 Å². The molecule has 2 amide bonds. The van der Waals surface area contributed by atoms with Crippen molar-refractivity contribution in [2.24, 2.45) is 5.73 Å². The quantitative estimate of drug-likeness (QED) is 0.579. The lowest BCUT2D eigenvalue weighted by Gasteiger charge is -2.24. The molecule has 1 saturated heterocycles. The number of urea groups is 1. The maximum Gasteiger partial charge on any atom is 0.339 e. The van der Waals surface area contributed by atoms with E-state index in [0.29, 0.717) is 31.7 Å². The van der Waals surface area contributed by atoms with Crippen LogP contribution in [0.3, 0.4) is 0 Å². The van der Waals surface area contributed by atoms with E-state index in [0.717, 1.165) is 0 Å². The Morgan fingerprint density at radius 1 is 1.43 bits per heavy atom. The zero-order valence-electron chi connectivity index (χ0n) is 7.51. The lowest BCUT2D eigenvalue weighted by molar-refractivity contribution is -0.128. The Labute approximate surface area is 86.6 Å². The van der Waals surface area contributed by atoms with Gasteiger partial charge in [-0.2, -0.15) is 0 Å². The molecule has 0 radical (unpaired) electrons. The van der Waals surface area contributed by atoms with Gasteiger partial charge in [0.05, 0.1) is 18.6 Å². The number of morpholine rings is 1. The second-order valence-corrected chi connectivity index (χ2v) is 2.63. The van der Waals surface area contributed by atoms with E-state index in [4.69, 9.17) is 15.6 Å². The van der Waals surface area contributed by atoms with Crippen molar-refractivity contribution in [1.82, 2.24) is 4.90 Å². The summed E-state index contributed by atoms with van der Waals surface area (Å²) < 4.78 is 5.00. The average molecular weight is 220 g/mol. The molecule has 80 valence electrons. The number of aliphatic carboxylic acids is 1. The number of carboxylic acids is 1. The monoisotopic (exact) mass is 220 g/mol. The first-order chi connectivity index (χ1) is 6.57. The summed E-state index contributed by atoms with van der Waals surface area (Å²) in [7, 11) is 0. The molecule has 0 bridgehead atoms. The Morgan fingerprint density at radius 2 is 1.86 bits per heavy atom. The molecule has 0 aromatic carbocycles. The number of thiocarbonyl (C=S) groups is 1. The van der Waals surface area contributed by atoms with Crippen LogP contribution in [0, 0.1) is 0 Å². The second kappa shape index (κ2) is 7.22. The molecule has 7 heteroatoms. The molecule has 6 nitrogen and oxygen atoms in total. The number of amides is 2. The number of hydrogen-bond acceptors (Lipinski definition) is 4. The van der Waals surface area contributed by atoms with E-state index in [9.17, 15) is 9.59 Å². The molecule has 1 heterocycles. The van der Waals surface area contributed by atoms with Gasteiger partial charge in [0.25, 0.3) is 0 Å². The summed E-state index contributed by atoms with van der Waals surface area (Å²) in [4.78, 5) is 21.2. The zero-order chi connectivity index (χ0) is 11.0. The van der Waals surface area contributed by atoms with E-state index in [1.54, 1.807) is 4.90 Å². The summed E-state index contributed by atoms with van der Waals surface area (Å²) in [6, 6.07) is -0.349. The Hall–Kier alpha value is -1.21. The maximum absolute atomic E-state index is 10.4. The van der Waals surface area contributed by atoms with Crippen molar-refractivity contribution in [3.63, 3.8) is 0 Å². The molecule has 0 saturated carbocycles. The minimum atomic E-state index is -1.06. The van der Waals surface area contributed by atoms with Gasteiger partial charge in [0, 0.05) is 13.1 Å². The van der Waals surface area contributed by atoms with Crippen LogP contribution in [-0.4, -0.2) is 53.7 Å². The van der Waals surface area contributed by atoms with Gasteiger partial charge in [-0.15, -0.1) is 0 Å². The van der Waals surface area contributed by atoms with Crippen LogP contribution in [0.5, 0.6) is 0 Å². The molecule has 3 N–H and O–H groups in total. The standard InChI is InChI=1S/C5H10N2O2.C2H2O2S/c6-5(8)7-1-3-9-4-2-7;3-2(4)1-5/h1-4H2,(H2,6,8);1H,(H,3,4). The van der Waals surface area contributed by atoms with Crippen molar-refractivity contribution < 1.29 is 19.4 Å². The summed E-state index contributed by atoms with van der Waals surface area (Å²) in [5.74, 6) is -1.06. The molecule has 0 aliphatic carbocycles. The molecule has 0 aromatic rings. The molecule has 0 aromatic heterocycles. The largest absolute Gasteiger partial charge is 0.477 e. The number of carbonyl (C=O) groups is 2. The molecular weight excluding hydrogens is 208 g/mol. The van der Waals surface area contributed by atoms with Crippen molar-refractivity contribution in [3.05, 3.63) is 0 Å². The molecule has 1 rings (SSSR count). The highest BCUT2D eigenvalue weighted by molar-refractivity contribution is 7.80. The number of carboxylic acid groups (broad SMARTS) is 1. The van der Waals surface area contributed by atoms with Crippen molar-refractivity contribution >= 4 is 29.6 Å². The van der Waals surface area contributed by atoms with E-state index >= 15 is 0 Å². The number of nitrogens with two attached hydrogens (primary N) is 1. The van der Waals surface area contributed by atoms with E-state index in [2.05, 4.69) is 12.2 Å². The summed E-state index contributed by atoms with van der Waals surface area (Å²) in [5, 5.41) is 8.23. The smallest absolute Gasteiger partial charge is 0.339 e. The Kier molecular flexibility index (Phi) is 6.59. The minimum absolute atomic E-state index is 0.349. The van der Waals surface area contributed by atoms with Gasteiger partial charge in [-0.25, -0.2) is 9.59 Å². The van der Waals surface area contributed by atoms with Crippen molar-refractivity contribution in [1.29, 1.82) is 0 Å². The third-order valence-corrected chi connectivity index (χ3v) is 1.63. The van der Waals surface area contributed by atoms with Gasteiger partial charge in [-0.1, -0.05) is 12.2 Å². The Morgan fingerprint density at radius 3 is 2.07 bits per heavy atom.